The van der Waals surface area contributed by atoms with Crippen LogP contribution in [0.25, 0.3) is 88.9 Å². The molecule has 2 saturated carbocycles. The third kappa shape index (κ3) is 9.85. The van der Waals surface area contributed by atoms with Crippen LogP contribution in [0.15, 0.2) is 115 Å². The molecular formula is C82H95BN4. The highest BCUT2D eigenvalue weighted by molar-refractivity contribution is 7.00. The normalized spacial score (nSPS) is 16.3. The van der Waals surface area contributed by atoms with E-state index in [0.29, 0.717) is 11.8 Å². The Bertz CT molecular complexity index is 4120. The Balaban J connectivity index is 1.14. The zero-order chi connectivity index (χ0) is 61.4. The molecule has 87 heavy (non-hydrogen) atoms. The third-order valence-electron chi connectivity index (χ3n) is 21.1. The van der Waals surface area contributed by atoms with E-state index in [0.717, 1.165) is 33.9 Å². The van der Waals surface area contributed by atoms with Gasteiger partial charge in [0.25, 0.3) is 6.71 Å². The van der Waals surface area contributed by atoms with Crippen LogP contribution in [0, 0.1) is 0 Å². The van der Waals surface area contributed by atoms with Crippen molar-refractivity contribution in [2.45, 2.75) is 233 Å². The van der Waals surface area contributed by atoms with Crippen molar-refractivity contribution in [2.24, 2.45) is 0 Å². The van der Waals surface area contributed by atoms with Crippen LogP contribution in [0.5, 0.6) is 0 Å². The van der Waals surface area contributed by atoms with Gasteiger partial charge in [0.1, 0.15) is 0 Å². The van der Waals surface area contributed by atoms with E-state index in [1.807, 2.05) is 0 Å². The maximum Gasteiger partial charge on any atom is 0.252 e. The van der Waals surface area contributed by atoms with Crippen molar-refractivity contribution in [1.82, 2.24) is 19.1 Å². The lowest BCUT2D eigenvalue weighted by Crippen LogP contribution is -2.59. The predicted molar refractivity (Wildman–Crippen MR) is 376 cm³/mol. The fourth-order valence-corrected chi connectivity index (χ4v) is 15.7. The van der Waals surface area contributed by atoms with E-state index in [1.165, 1.54) is 180 Å². The first-order chi connectivity index (χ1) is 40.9. The summed E-state index contributed by atoms with van der Waals surface area (Å²) in [5, 5.41) is 5.54. The van der Waals surface area contributed by atoms with Crippen molar-refractivity contribution < 1.29 is 0 Å². The van der Waals surface area contributed by atoms with E-state index in [4.69, 9.17) is 9.97 Å². The molecule has 2 fully saturated rings. The smallest absolute Gasteiger partial charge is 0.252 e. The highest BCUT2D eigenvalue weighted by atomic mass is 15.0. The molecular weight excluding hydrogens is 1050 g/mol. The number of nitrogens with zero attached hydrogens (tertiary/aromatic N) is 4. The lowest BCUT2D eigenvalue weighted by Gasteiger charge is -2.35. The molecule has 0 bridgehead atoms. The zero-order valence-corrected chi connectivity index (χ0v) is 56.1. The topological polar surface area (TPSA) is 35.6 Å². The average molecular weight is 1150 g/mol. The molecule has 0 saturated heterocycles. The number of rotatable bonds is 5. The Morgan fingerprint density at radius 3 is 1.07 bits per heavy atom. The summed E-state index contributed by atoms with van der Waals surface area (Å²) in [6, 6.07) is 47.6. The minimum absolute atomic E-state index is 0.0125. The molecule has 0 N–H and O–H groups in total. The molecule has 5 heteroatoms. The Morgan fingerprint density at radius 2 is 0.701 bits per heavy atom. The quantitative estimate of drug-likeness (QED) is 0.161. The van der Waals surface area contributed by atoms with Crippen LogP contribution in [0.3, 0.4) is 0 Å². The molecule has 0 spiro atoms. The maximum atomic E-state index is 5.91. The highest BCUT2D eigenvalue weighted by Gasteiger charge is 2.43. The van der Waals surface area contributed by atoms with E-state index in [9.17, 15) is 0 Å². The summed E-state index contributed by atoms with van der Waals surface area (Å²) in [6.45, 7) is 42.3. The predicted octanol–water partition coefficient (Wildman–Crippen LogP) is 20.7. The molecule has 2 aliphatic carbocycles. The van der Waals surface area contributed by atoms with Gasteiger partial charge >= 0.3 is 0 Å². The van der Waals surface area contributed by atoms with Gasteiger partial charge in [0, 0.05) is 60.6 Å². The second-order valence-electron chi connectivity index (χ2n) is 33.7. The van der Waals surface area contributed by atoms with Gasteiger partial charge in [-0.2, -0.15) is 0 Å². The van der Waals surface area contributed by atoms with Crippen molar-refractivity contribution >= 4 is 66.7 Å². The van der Waals surface area contributed by atoms with Crippen molar-refractivity contribution in [3.63, 3.8) is 0 Å². The SMILES string of the molecule is CC(C)(C)c1cc(-c2cc(-c3cc4c5c(c3)-n3c6ccc(C(C)(C)C)cc6c6cc(C7CCCCC7)cc(c63)B5c3cc(C5CCCCC5)cc5c6cc(C(C)(C)C)ccc6n-4c35)nc(-c3cc(C(C)(C)C)cc(C(C)(C)C)c3)n2)cc(C(C)(C)C)c1. The van der Waals surface area contributed by atoms with Gasteiger partial charge < -0.3 is 9.13 Å². The molecule has 4 nitrogen and oxygen atoms in total. The number of benzene rings is 7. The minimum Gasteiger partial charge on any atom is -0.310 e. The monoisotopic (exact) mass is 1150 g/mol. The number of aromatic nitrogens is 4. The molecule has 5 heterocycles. The summed E-state index contributed by atoms with van der Waals surface area (Å²) in [6.07, 6.45) is 12.9. The van der Waals surface area contributed by atoms with Gasteiger partial charge in [-0.15, -0.1) is 0 Å². The first-order valence-electron chi connectivity index (χ1n) is 33.5. The summed E-state index contributed by atoms with van der Waals surface area (Å²) in [7, 11) is 0. The third-order valence-corrected chi connectivity index (χ3v) is 21.1. The van der Waals surface area contributed by atoms with E-state index in [2.05, 4.69) is 249 Å². The molecule has 10 aromatic rings. The summed E-state index contributed by atoms with van der Waals surface area (Å²) >= 11 is 0. The summed E-state index contributed by atoms with van der Waals surface area (Å²) < 4.78 is 5.45. The van der Waals surface area contributed by atoms with E-state index in [-0.39, 0.29) is 39.2 Å². The van der Waals surface area contributed by atoms with Crippen molar-refractivity contribution in [2.75, 3.05) is 0 Å². The van der Waals surface area contributed by atoms with Crippen LogP contribution in [-0.4, -0.2) is 25.8 Å². The Hall–Kier alpha value is -6.72. The maximum absolute atomic E-state index is 5.91. The average Bonchev–Trinajstić information content (AvgIpc) is 1.58. The number of hydrogen-bond donors (Lipinski definition) is 0. The lowest BCUT2D eigenvalue weighted by atomic mass is 9.34. The number of fused-ring (bicyclic) bond motifs is 10. The van der Waals surface area contributed by atoms with E-state index < -0.39 is 0 Å². The van der Waals surface area contributed by atoms with Crippen LogP contribution >= 0.6 is 0 Å². The highest BCUT2D eigenvalue weighted by Crippen LogP contribution is 2.47. The summed E-state index contributed by atoms with van der Waals surface area (Å²) in [5.74, 6) is 1.87. The van der Waals surface area contributed by atoms with Gasteiger partial charge in [0.2, 0.25) is 0 Å². The van der Waals surface area contributed by atoms with Crippen molar-refractivity contribution in [3.8, 4) is 45.3 Å². The van der Waals surface area contributed by atoms with Gasteiger partial charge in [-0.05, 0) is 210 Å². The van der Waals surface area contributed by atoms with Crippen LogP contribution in [-0.2, 0) is 32.5 Å². The molecule has 0 unspecified atom stereocenters. The van der Waals surface area contributed by atoms with Gasteiger partial charge in [0.05, 0.1) is 22.4 Å². The Kier molecular flexibility index (Phi) is 13.3. The molecule has 3 aromatic heterocycles. The molecule has 446 valence electrons. The molecule has 0 radical (unpaired) electrons. The molecule has 0 atom stereocenters. The van der Waals surface area contributed by atoms with Crippen LogP contribution < -0.4 is 16.4 Å². The van der Waals surface area contributed by atoms with Crippen LogP contribution in [0.1, 0.15) is 245 Å². The van der Waals surface area contributed by atoms with Gasteiger partial charge in [-0.3, -0.25) is 0 Å². The van der Waals surface area contributed by atoms with E-state index in [1.54, 1.807) is 0 Å². The van der Waals surface area contributed by atoms with Gasteiger partial charge in [-0.25, -0.2) is 9.97 Å². The molecule has 7 aromatic carbocycles. The first-order valence-corrected chi connectivity index (χ1v) is 33.5. The first kappa shape index (κ1) is 58.0. The standard InChI is InChI=1S/C82H95BN4/c1-77(2,3)55-29-31-69-61(45-55)63-37-50(48-25-21-19-22-26-48)39-65-74(63)86(69)71-41-53(42-72-73(71)83(65)66-40-51(49-27-23-20-24-28-49)38-64-62-46-56(78(4,5)6)30-32-70(62)87(72)75(64)66)68-47-67(52-33-57(79(7,8)9)43-58(34-52)80(10,11)12)84-76(85-68)54-35-59(81(13,14)15)44-60(36-54)82(16,17)18/h29-49H,19-28H2,1-18H3. The second-order valence-corrected chi connectivity index (χ2v) is 33.7. The summed E-state index contributed by atoms with van der Waals surface area (Å²) in [5.41, 5.74) is 28.1. The van der Waals surface area contributed by atoms with Gasteiger partial charge in [0.15, 0.2) is 5.82 Å². The largest absolute Gasteiger partial charge is 0.310 e. The fraction of sp³-hybridized carbons (Fsp3) is 0.439. The Morgan fingerprint density at radius 1 is 0.345 bits per heavy atom. The number of hydrogen-bond acceptors (Lipinski definition) is 2. The molecule has 4 aliphatic rings. The van der Waals surface area contributed by atoms with Crippen LogP contribution in [0.2, 0.25) is 0 Å². The molecule has 2 aliphatic heterocycles. The lowest BCUT2D eigenvalue weighted by molar-refractivity contribution is 0.444. The van der Waals surface area contributed by atoms with E-state index >= 15 is 0 Å². The van der Waals surface area contributed by atoms with Crippen LogP contribution in [0.4, 0.5) is 0 Å². The second kappa shape index (κ2) is 19.9. The fourth-order valence-electron chi connectivity index (χ4n) is 15.7. The zero-order valence-electron chi connectivity index (χ0n) is 56.1. The molecule has 14 rings (SSSR count). The van der Waals surface area contributed by atoms with Crippen molar-refractivity contribution in [3.05, 3.63) is 160 Å². The summed E-state index contributed by atoms with van der Waals surface area (Å²) in [4.78, 5) is 11.7. The van der Waals surface area contributed by atoms with Crippen molar-refractivity contribution in [1.29, 1.82) is 0 Å². The minimum atomic E-state index is -0.0885. The van der Waals surface area contributed by atoms with Gasteiger partial charge in [-0.1, -0.05) is 200 Å². The molecule has 0 amide bonds. The Labute approximate surface area is 521 Å².